The Morgan fingerprint density at radius 2 is 1.84 bits per heavy atom. The minimum Gasteiger partial charge on any atom is -0.477 e. The van der Waals surface area contributed by atoms with Gasteiger partial charge < -0.3 is 4.74 Å². The number of allylic oxidation sites excluding steroid dienone is 1. The Morgan fingerprint density at radius 3 is 2.40 bits per heavy atom. The van der Waals surface area contributed by atoms with Crippen LogP contribution in [-0.4, -0.2) is 30.0 Å². The first-order valence-electron chi connectivity index (χ1n) is 7.39. The fourth-order valence-electron chi connectivity index (χ4n) is 2.26. The summed E-state index contributed by atoms with van der Waals surface area (Å²) < 4.78 is 70.4. The molecule has 0 N–H and O–H groups in total. The summed E-state index contributed by atoms with van der Waals surface area (Å²) in [6, 6.07) is 5.47. The van der Waals surface area contributed by atoms with Crippen molar-refractivity contribution in [3.8, 4) is 0 Å². The van der Waals surface area contributed by atoms with Crippen LogP contribution in [0.15, 0.2) is 40.3 Å². The molecule has 0 radical (unpaired) electrons. The zero-order valence-electron chi connectivity index (χ0n) is 13.1. The first-order valence-corrected chi connectivity index (χ1v) is 8.87. The summed E-state index contributed by atoms with van der Waals surface area (Å²) in [5, 5.41) is 5.76. The van der Waals surface area contributed by atoms with E-state index in [1.807, 2.05) is 0 Å². The van der Waals surface area contributed by atoms with Crippen LogP contribution in [0, 0.1) is 6.92 Å². The third-order valence-electron chi connectivity index (χ3n) is 3.55. The lowest BCUT2D eigenvalue weighted by Gasteiger charge is -2.12. The molecule has 2 heterocycles. The third kappa shape index (κ3) is 3.39. The maximum absolute atomic E-state index is 13.3. The van der Waals surface area contributed by atoms with E-state index in [1.54, 1.807) is 6.92 Å². The van der Waals surface area contributed by atoms with E-state index in [9.17, 15) is 21.6 Å². The van der Waals surface area contributed by atoms with Crippen LogP contribution < -0.4 is 0 Å². The second-order valence-electron chi connectivity index (χ2n) is 5.49. The lowest BCUT2D eigenvalue weighted by atomic mass is 10.2. The highest BCUT2D eigenvalue weighted by Gasteiger charge is 2.43. The van der Waals surface area contributed by atoms with Crippen molar-refractivity contribution >= 4 is 15.7 Å². The van der Waals surface area contributed by atoms with Gasteiger partial charge in [0.05, 0.1) is 11.5 Å². The molecule has 0 saturated heterocycles. The Kier molecular flexibility index (Phi) is 4.31. The van der Waals surface area contributed by atoms with Gasteiger partial charge in [0, 0.05) is 0 Å². The number of ether oxygens (including phenoxy) is 1. The summed E-state index contributed by atoms with van der Waals surface area (Å²) in [7, 11) is -4.48. The first-order chi connectivity index (χ1) is 11.7. The van der Waals surface area contributed by atoms with Gasteiger partial charge in [-0.3, -0.25) is 0 Å². The minimum absolute atomic E-state index is 0.0119. The van der Waals surface area contributed by atoms with Crippen molar-refractivity contribution in [2.45, 2.75) is 35.9 Å². The van der Waals surface area contributed by atoms with Crippen LogP contribution in [0.3, 0.4) is 0 Å². The van der Waals surface area contributed by atoms with E-state index in [-0.39, 0.29) is 10.8 Å². The molecule has 10 heteroatoms. The number of aromatic nitrogens is 3. The Labute approximate surface area is 141 Å². The molecule has 0 unspecified atom stereocenters. The molecule has 0 bridgehead atoms. The van der Waals surface area contributed by atoms with Gasteiger partial charge in [0.25, 0.3) is 0 Å². The summed E-state index contributed by atoms with van der Waals surface area (Å²) in [5.74, 6) is -0.0119. The van der Waals surface area contributed by atoms with E-state index in [4.69, 9.17) is 4.74 Å². The van der Waals surface area contributed by atoms with Crippen LogP contribution in [-0.2, 0) is 20.8 Å². The molecule has 0 amide bonds. The summed E-state index contributed by atoms with van der Waals surface area (Å²) >= 11 is 0. The topological polar surface area (TPSA) is 74.1 Å². The molecule has 0 saturated carbocycles. The van der Waals surface area contributed by atoms with Gasteiger partial charge in [-0.25, -0.2) is 8.42 Å². The van der Waals surface area contributed by atoms with Crippen molar-refractivity contribution in [1.82, 2.24) is 15.0 Å². The average Bonchev–Trinajstić information content (AvgIpc) is 3.02. The number of rotatable bonds is 3. The third-order valence-corrected chi connectivity index (χ3v) is 5.23. The van der Waals surface area contributed by atoms with Gasteiger partial charge in [0.15, 0.2) is 0 Å². The number of aryl methyl sites for hydroxylation is 1. The number of benzene rings is 1. The summed E-state index contributed by atoms with van der Waals surface area (Å²) in [4.78, 5) is 0.303. The second kappa shape index (κ2) is 6.17. The number of halogens is 3. The number of alkyl halides is 3. The largest absolute Gasteiger partial charge is 0.477 e. The van der Waals surface area contributed by atoms with Gasteiger partial charge in [0.1, 0.15) is 0 Å². The first kappa shape index (κ1) is 17.5. The van der Waals surface area contributed by atoms with Gasteiger partial charge in [-0.1, -0.05) is 17.7 Å². The van der Waals surface area contributed by atoms with E-state index in [1.165, 1.54) is 30.3 Å². The number of nitrogens with zero attached hydrogens (tertiary/aromatic N) is 3. The molecule has 0 spiro atoms. The maximum Gasteiger partial charge on any atom is 0.438 e. The predicted molar refractivity (Wildman–Crippen MR) is 81.1 cm³/mol. The molecule has 3 rings (SSSR count). The van der Waals surface area contributed by atoms with Gasteiger partial charge in [-0.15, -0.1) is 15.0 Å². The lowest BCUT2D eigenvalue weighted by Crippen LogP contribution is -2.13. The van der Waals surface area contributed by atoms with Crippen molar-refractivity contribution < 1.29 is 26.3 Å². The van der Waals surface area contributed by atoms with E-state index in [2.05, 4.69) is 10.2 Å². The number of hydrogen-bond acceptors (Lipinski definition) is 5. The Hall–Kier alpha value is -2.36. The van der Waals surface area contributed by atoms with Crippen molar-refractivity contribution in [3.05, 3.63) is 41.6 Å². The quantitative estimate of drug-likeness (QED) is 0.827. The predicted octanol–water partition coefficient (Wildman–Crippen LogP) is 3.05. The van der Waals surface area contributed by atoms with Gasteiger partial charge >= 0.3 is 6.18 Å². The van der Waals surface area contributed by atoms with Crippen LogP contribution >= 0.6 is 0 Å². The standard InChI is InChI=1S/C15H14F3N3O3S/c1-10-5-7-11(8-6-10)25(22,23)14-13(15(16,17)18)19-21(20-14)12-4-2-3-9-24-12/h4-8H,2-3,9H2,1H3. The average molecular weight is 373 g/mol. The number of hydrogen-bond donors (Lipinski definition) is 0. The zero-order chi connectivity index (χ0) is 18.2. The monoisotopic (exact) mass is 373 g/mol. The molecule has 6 nitrogen and oxygen atoms in total. The van der Waals surface area contributed by atoms with Crippen LogP contribution in [0.4, 0.5) is 13.2 Å². The van der Waals surface area contributed by atoms with Gasteiger partial charge in [0.2, 0.25) is 26.4 Å². The molecular formula is C15H14F3N3O3S. The van der Waals surface area contributed by atoms with Crippen LogP contribution in [0.2, 0.25) is 0 Å². The molecule has 1 aliphatic heterocycles. The molecule has 1 aliphatic rings. The van der Waals surface area contributed by atoms with E-state index < -0.39 is 26.7 Å². The molecule has 1 aromatic carbocycles. The normalized spacial score (nSPS) is 15.6. The Bertz CT molecular complexity index is 916. The summed E-state index contributed by atoms with van der Waals surface area (Å²) in [5.41, 5.74) is -0.789. The highest BCUT2D eigenvalue weighted by Crippen LogP contribution is 2.34. The molecule has 2 aromatic rings. The van der Waals surface area contributed by atoms with E-state index >= 15 is 0 Å². The van der Waals surface area contributed by atoms with E-state index in [0.29, 0.717) is 24.2 Å². The Morgan fingerprint density at radius 1 is 1.16 bits per heavy atom. The highest BCUT2D eigenvalue weighted by molar-refractivity contribution is 7.91. The summed E-state index contributed by atoms with van der Waals surface area (Å²) in [6.45, 7) is 2.04. The SMILES string of the molecule is Cc1ccc(S(=O)(=O)c2nn(C3=CCCCO3)nc2C(F)(F)F)cc1. The second-order valence-corrected chi connectivity index (χ2v) is 7.36. The van der Waals surface area contributed by atoms with Gasteiger partial charge in [-0.2, -0.15) is 13.2 Å². The molecule has 25 heavy (non-hydrogen) atoms. The highest BCUT2D eigenvalue weighted by atomic mass is 32.2. The van der Waals surface area contributed by atoms with Gasteiger partial charge in [-0.05, 0) is 38.0 Å². The van der Waals surface area contributed by atoms with E-state index in [0.717, 1.165) is 5.56 Å². The van der Waals surface area contributed by atoms with Crippen molar-refractivity contribution in [2.75, 3.05) is 6.61 Å². The molecule has 0 aliphatic carbocycles. The molecule has 0 atom stereocenters. The minimum atomic E-state index is -4.97. The Balaban J connectivity index is 2.15. The summed E-state index contributed by atoms with van der Waals surface area (Å²) in [6.07, 6.45) is -2.16. The lowest BCUT2D eigenvalue weighted by molar-refractivity contribution is -0.143. The fourth-order valence-corrected chi connectivity index (χ4v) is 3.58. The smallest absolute Gasteiger partial charge is 0.438 e. The maximum atomic E-state index is 13.3. The van der Waals surface area contributed by atoms with Crippen molar-refractivity contribution in [1.29, 1.82) is 0 Å². The van der Waals surface area contributed by atoms with Crippen LogP contribution in [0.25, 0.3) is 5.88 Å². The fraction of sp³-hybridized carbons (Fsp3) is 0.333. The number of sulfone groups is 1. The molecular weight excluding hydrogens is 359 g/mol. The molecule has 134 valence electrons. The molecule has 1 aromatic heterocycles. The van der Waals surface area contributed by atoms with Crippen molar-refractivity contribution in [2.24, 2.45) is 0 Å². The zero-order valence-corrected chi connectivity index (χ0v) is 13.9. The molecule has 0 fully saturated rings. The van der Waals surface area contributed by atoms with Crippen LogP contribution in [0.5, 0.6) is 0 Å². The van der Waals surface area contributed by atoms with Crippen molar-refractivity contribution in [3.63, 3.8) is 0 Å². The van der Waals surface area contributed by atoms with Crippen LogP contribution in [0.1, 0.15) is 24.1 Å².